The third-order valence-electron chi connectivity index (χ3n) is 3.22. The van der Waals surface area contributed by atoms with Crippen LogP contribution in [0.15, 0.2) is 42.5 Å². The fraction of sp³-hybridized carbons (Fsp3) is 0.375. The Morgan fingerprint density at radius 1 is 1.25 bits per heavy atom. The third kappa shape index (κ3) is 4.88. The number of alkyl carbamates (subject to hydrolysis) is 1. The standard InChI is InChI=1S/C16H19NO3/c18-15-9-5-4-8-14(10-11-15)17-16(19)20-12-13-6-2-1-3-7-13/h1-3,6-7,10-11,14H,4-5,8-9,12H2,(H,17,19)/b11-10-. The first-order chi connectivity index (χ1) is 9.74. The average Bonchev–Trinajstić information content (AvgIpc) is 2.45. The number of carbonyl (C=O) groups is 2. The van der Waals surface area contributed by atoms with Gasteiger partial charge in [0.1, 0.15) is 6.61 Å². The lowest BCUT2D eigenvalue weighted by atomic mass is 10.0. The van der Waals surface area contributed by atoms with E-state index in [0.717, 1.165) is 24.8 Å². The van der Waals surface area contributed by atoms with Crippen LogP contribution in [0.4, 0.5) is 4.79 Å². The molecule has 2 rings (SSSR count). The smallest absolute Gasteiger partial charge is 0.407 e. The largest absolute Gasteiger partial charge is 0.445 e. The van der Waals surface area contributed by atoms with Crippen LogP contribution in [0, 0.1) is 0 Å². The Balaban J connectivity index is 1.80. The van der Waals surface area contributed by atoms with Gasteiger partial charge in [-0.2, -0.15) is 0 Å². The van der Waals surface area contributed by atoms with E-state index in [2.05, 4.69) is 5.32 Å². The predicted octanol–water partition coefficient (Wildman–Crippen LogP) is 2.98. The SMILES string of the molecule is O=C1/C=C\C(NC(=O)OCc2ccccc2)CCCC1. The lowest BCUT2D eigenvalue weighted by molar-refractivity contribution is -0.114. The van der Waals surface area contributed by atoms with Crippen molar-refractivity contribution in [2.75, 3.05) is 0 Å². The van der Waals surface area contributed by atoms with E-state index in [1.807, 2.05) is 30.3 Å². The van der Waals surface area contributed by atoms with Gasteiger partial charge >= 0.3 is 6.09 Å². The molecule has 0 saturated heterocycles. The molecular formula is C16H19NO3. The molecule has 0 bridgehead atoms. The normalized spacial score (nSPS) is 20.6. The van der Waals surface area contributed by atoms with Crippen LogP contribution >= 0.6 is 0 Å². The molecule has 20 heavy (non-hydrogen) atoms. The summed E-state index contributed by atoms with van der Waals surface area (Å²) < 4.78 is 5.16. The number of hydrogen-bond acceptors (Lipinski definition) is 3. The predicted molar refractivity (Wildman–Crippen MR) is 76.2 cm³/mol. The van der Waals surface area contributed by atoms with Gasteiger partial charge in [-0.15, -0.1) is 0 Å². The summed E-state index contributed by atoms with van der Waals surface area (Å²) in [5.41, 5.74) is 0.950. The number of allylic oxidation sites excluding steroid dienone is 1. The number of nitrogens with one attached hydrogen (secondary N) is 1. The maximum absolute atomic E-state index is 11.7. The highest BCUT2D eigenvalue weighted by atomic mass is 16.5. The van der Waals surface area contributed by atoms with Gasteiger partial charge in [0.15, 0.2) is 5.78 Å². The number of ether oxygens (including phenoxy) is 1. The van der Waals surface area contributed by atoms with Crippen LogP contribution in [0.25, 0.3) is 0 Å². The van der Waals surface area contributed by atoms with Crippen LogP contribution in [0.5, 0.6) is 0 Å². The number of carbonyl (C=O) groups excluding carboxylic acids is 2. The molecule has 4 heteroatoms. The molecule has 0 heterocycles. The van der Waals surface area contributed by atoms with Crippen molar-refractivity contribution in [1.29, 1.82) is 0 Å². The van der Waals surface area contributed by atoms with E-state index in [-0.39, 0.29) is 18.4 Å². The summed E-state index contributed by atoms with van der Waals surface area (Å²) in [6.07, 6.45) is 6.11. The molecule has 0 spiro atoms. The summed E-state index contributed by atoms with van der Waals surface area (Å²) >= 11 is 0. The Bertz CT molecular complexity index is 482. The first kappa shape index (κ1) is 14.3. The quantitative estimate of drug-likeness (QED) is 0.921. The van der Waals surface area contributed by atoms with Crippen LogP contribution < -0.4 is 5.32 Å². The van der Waals surface area contributed by atoms with Crippen molar-refractivity contribution in [1.82, 2.24) is 5.32 Å². The molecule has 0 radical (unpaired) electrons. The van der Waals surface area contributed by atoms with Crippen LogP contribution in [0.3, 0.4) is 0 Å². The van der Waals surface area contributed by atoms with Gasteiger partial charge in [0.05, 0.1) is 6.04 Å². The molecule has 0 saturated carbocycles. The zero-order chi connectivity index (χ0) is 14.2. The molecule has 1 aromatic carbocycles. The number of benzene rings is 1. The highest BCUT2D eigenvalue weighted by Gasteiger charge is 2.13. The van der Waals surface area contributed by atoms with E-state index >= 15 is 0 Å². The summed E-state index contributed by atoms with van der Waals surface area (Å²) in [7, 11) is 0. The molecule has 1 atom stereocenters. The Morgan fingerprint density at radius 3 is 2.85 bits per heavy atom. The lowest BCUT2D eigenvalue weighted by Gasteiger charge is -2.16. The molecule has 1 aliphatic carbocycles. The van der Waals surface area contributed by atoms with Crippen molar-refractivity contribution in [2.24, 2.45) is 0 Å². The van der Waals surface area contributed by atoms with Crippen molar-refractivity contribution in [3.63, 3.8) is 0 Å². The van der Waals surface area contributed by atoms with Gasteiger partial charge in [0.25, 0.3) is 0 Å². The molecule has 4 nitrogen and oxygen atoms in total. The van der Waals surface area contributed by atoms with Crippen molar-refractivity contribution in [3.8, 4) is 0 Å². The molecule has 1 aliphatic rings. The van der Waals surface area contributed by atoms with Crippen LogP contribution in [-0.2, 0) is 16.1 Å². The summed E-state index contributed by atoms with van der Waals surface area (Å²) in [4.78, 5) is 23.1. The molecule has 1 N–H and O–H groups in total. The highest BCUT2D eigenvalue weighted by Crippen LogP contribution is 2.10. The second-order valence-corrected chi connectivity index (χ2v) is 4.88. The zero-order valence-corrected chi connectivity index (χ0v) is 11.4. The van der Waals surface area contributed by atoms with Gasteiger partial charge in [-0.3, -0.25) is 4.79 Å². The summed E-state index contributed by atoms with van der Waals surface area (Å²) in [6.45, 7) is 0.252. The van der Waals surface area contributed by atoms with Crippen molar-refractivity contribution in [2.45, 2.75) is 38.3 Å². The van der Waals surface area contributed by atoms with Crippen LogP contribution in [0.2, 0.25) is 0 Å². The Morgan fingerprint density at radius 2 is 2.05 bits per heavy atom. The minimum absolute atomic E-state index is 0.120. The molecule has 106 valence electrons. The number of amides is 1. The second-order valence-electron chi connectivity index (χ2n) is 4.88. The van der Waals surface area contributed by atoms with E-state index in [1.165, 1.54) is 0 Å². The summed E-state index contributed by atoms with van der Waals surface area (Å²) in [5, 5.41) is 2.78. The summed E-state index contributed by atoms with van der Waals surface area (Å²) in [5.74, 6) is 0.120. The lowest BCUT2D eigenvalue weighted by Crippen LogP contribution is -2.34. The second kappa shape index (κ2) is 7.48. The maximum Gasteiger partial charge on any atom is 0.407 e. The Labute approximate surface area is 118 Å². The van der Waals surface area contributed by atoms with Crippen molar-refractivity contribution >= 4 is 11.9 Å². The molecule has 0 aliphatic heterocycles. The van der Waals surface area contributed by atoms with E-state index in [0.29, 0.717) is 6.42 Å². The van der Waals surface area contributed by atoms with Gasteiger partial charge in [-0.25, -0.2) is 4.79 Å². The van der Waals surface area contributed by atoms with E-state index in [9.17, 15) is 9.59 Å². The average molecular weight is 273 g/mol. The molecule has 1 amide bonds. The summed E-state index contributed by atoms with van der Waals surface area (Å²) in [6, 6.07) is 9.41. The molecule has 0 fully saturated rings. The van der Waals surface area contributed by atoms with E-state index < -0.39 is 6.09 Å². The van der Waals surface area contributed by atoms with Gasteiger partial charge in [0.2, 0.25) is 0 Å². The van der Waals surface area contributed by atoms with Crippen molar-refractivity contribution < 1.29 is 14.3 Å². The molecule has 1 unspecified atom stereocenters. The molecule has 1 aromatic rings. The maximum atomic E-state index is 11.7. The van der Waals surface area contributed by atoms with Crippen LogP contribution in [-0.4, -0.2) is 17.9 Å². The minimum atomic E-state index is -0.448. The van der Waals surface area contributed by atoms with Gasteiger partial charge in [-0.05, 0) is 24.5 Å². The Kier molecular flexibility index (Phi) is 5.35. The third-order valence-corrected chi connectivity index (χ3v) is 3.22. The van der Waals surface area contributed by atoms with E-state index in [1.54, 1.807) is 12.2 Å². The monoisotopic (exact) mass is 273 g/mol. The van der Waals surface area contributed by atoms with Crippen molar-refractivity contribution in [3.05, 3.63) is 48.0 Å². The fourth-order valence-corrected chi connectivity index (χ4v) is 2.10. The minimum Gasteiger partial charge on any atom is -0.445 e. The van der Waals surface area contributed by atoms with Gasteiger partial charge in [-0.1, -0.05) is 42.8 Å². The fourth-order valence-electron chi connectivity index (χ4n) is 2.10. The van der Waals surface area contributed by atoms with Gasteiger partial charge < -0.3 is 10.1 Å². The zero-order valence-electron chi connectivity index (χ0n) is 11.4. The van der Waals surface area contributed by atoms with Crippen LogP contribution in [0.1, 0.15) is 31.2 Å². The highest BCUT2D eigenvalue weighted by molar-refractivity contribution is 5.89. The first-order valence-electron chi connectivity index (χ1n) is 6.92. The van der Waals surface area contributed by atoms with Gasteiger partial charge in [0, 0.05) is 6.42 Å². The molecule has 0 aromatic heterocycles. The molecular weight excluding hydrogens is 254 g/mol. The number of rotatable bonds is 3. The van der Waals surface area contributed by atoms with E-state index in [4.69, 9.17) is 4.74 Å². The number of hydrogen-bond donors (Lipinski definition) is 1. The Hall–Kier alpha value is -2.10. The number of ketones is 1. The topological polar surface area (TPSA) is 55.4 Å². The first-order valence-corrected chi connectivity index (χ1v) is 6.92.